The first-order valence-corrected chi connectivity index (χ1v) is 6.15. The molecule has 2 heterocycles. The SMILES string of the molecule is COc1ccc2c(c1)[nH]c(=S)n2C1CNC(=O)C1. The molecule has 0 radical (unpaired) electrons. The van der Waals surface area contributed by atoms with Gasteiger partial charge in [0.05, 0.1) is 24.2 Å². The minimum atomic E-state index is 0.0739. The van der Waals surface area contributed by atoms with Gasteiger partial charge in [-0.3, -0.25) is 4.79 Å². The van der Waals surface area contributed by atoms with Crippen molar-refractivity contribution in [2.75, 3.05) is 13.7 Å². The second kappa shape index (κ2) is 4.13. The molecule has 6 heteroatoms. The van der Waals surface area contributed by atoms with Crippen molar-refractivity contribution in [2.45, 2.75) is 12.5 Å². The van der Waals surface area contributed by atoms with E-state index in [9.17, 15) is 4.79 Å². The highest BCUT2D eigenvalue weighted by Crippen LogP contribution is 2.26. The molecule has 1 fully saturated rings. The summed E-state index contributed by atoms with van der Waals surface area (Å²) in [6.07, 6.45) is 0.479. The third-order valence-electron chi connectivity index (χ3n) is 3.24. The standard InChI is InChI=1S/C12H13N3O2S/c1-17-8-2-3-10-9(5-8)14-12(18)15(10)7-4-11(16)13-6-7/h2-3,5,7H,4,6H2,1H3,(H,13,16)(H,14,18). The number of methoxy groups -OCH3 is 1. The lowest BCUT2D eigenvalue weighted by Gasteiger charge is -2.10. The molecule has 2 aromatic rings. The molecule has 1 atom stereocenters. The maximum Gasteiger partial charge on any atom is 0.222 e. The number of aromatic nitrogens is 2. The Bertz CT molecular complexity index is 674. The fourth-order valence-electron chi connectivity index (χ4n) is 2.37. The Hall–Kier alpha value is -1.82. The van der Waals surface area contributed by atoms with E-state index in [1.807, 2.05) is 22.8 Å². The summed E-state index contributed by atoms with van der Waals surface area (Å²) in [4.78, 5) is 14.5. The molecule has 1 saturated heterocycles. The van der Waals surface area contributed by atoms with E-state index in [2.05, 4.69) is 10.3 Å². The number of carbonyl (C=O) groups is 1. The molecule has 2 N–H and O–H groups in total. The van der Waals surface area contributed by atoms with Crippen molar-refractivity contribution < 1.29 is 9.53 Å². The molecule has 5 nitrogen and oxygen atoms in total. The van der Waals surface area contributed by atoms with E-state index in [4.69, 9.17) is 17.0 Å². The molecule has 3 rings (SSSR count). The maximum atomic E-state index is 11.3. The molecule has 0 saturated carbocycles. The number of rotatable bonds is 2. The summed E-state index contributed by atoms with van der Waals surface area (Å²) in [6.45, 7) is 0.631. The molecule has 1 aliphatic heterocycles. The number of benzene rings is 1. The first-order valence-electron chi connectivity index (χ1n) is 5.74. The molecule has 94 valence electrons. The zero-order valence-electron chi connectivity index (χ0n) is 9.90. The van der Waals surface area contributed by atoms with Gasteiger partial charge in [-0.15, -0.1) is 0 Å². The van der Waals surface area contributed by atoms with Crippen LogP contribution in [-0.2, 0) is 4.79 Å². The van der Waals surface area contributed by atoms with Crippen molar-refractivity contribution in [3.05, 3.63) is 23.0 Å². The number of aromatic amines is 1. The lowest BCUT2D eigenvalue weighted by atomic mass is 10.2. The summed E-state index contributed by atoms with van der Waals surface area (Å²) < 4.78 is 7.82. The highest BCUT2D eigenvalue weighted by atomic mass is 32.1. The molecule has 0 bridgehead atoms. The van der Waals surface area contributed by atoms with Crippen LogP contribution in [0.25, 0.3) is 11.0 Å². The maximum absolute atomic E-state index is 11.3. The van der Waals surface area contributed by atoms with Crippen LogP contribution in [-0.4, -0.2) is 29.1 Å². The van der Waals surface area contributed by atoms with Gasteiger partial charge in [0.15, 0.2) is 4.77 Å². The number of hydrogen-bond donors (Lipinski definition) is 2. The van der Waals surface area contributed by atoms with Crippen LogP contribution in [0.4, 0.5) is 0 Å². The molecule has 0 spiro atoms. The van der Waals surface area contributed by atoms with Crippen molar-refractivity contribution in [2.24, 2.45) is 0 Å². The first kappa shape index (κ1) is 11.3. The molecular formula is C12H13N3O2S. The van der Waals surface area contributed by atoms with Crippen molar-refractivity contribution in [1.29, 1.82) is 0 Å². The Morgan fingerprint density at radius 3 is 3.00 bits per heavy atom. The minimum absolute atomic E-state index is 0.0739. The average molecular weight is 263 g/mol. The zero-order valence-corrected chi connectivity index (χ0v) is 10.7. The Morgan fingerprint density at radius 2 is 2.33 bits per heavy atom. The second-order valence-electron chi connectivity index (χ2n) is 4.35. The molecule has 1 amide bonds. The van der Waals surface area contributed by atoms with Gasteiger partial charge in [-0.1, -0.05) is 0 Å². The van der Waals surface area contributed by atoms with Crippen molar-refractivity contribution in [3.63, 3.8) is 0 Å². The van der Waals surface area contributed by atoms with Gasteiger partial charge in [0.25, 0.3) is 0 Å². The van der Waals surface area contributed by atoms with E-state index in [1.54, 1.807) is 7.11 Å². The Labute approximate surface area is 109 Å². The monoisotopic (exact) mass is 263 g/mol. The van der Waals surface area contributed by atoms with Crippen molar-refractivity contribution in [3.8, 4) is 5.75 Å². The third kappa shape index (κ3) is 1.69. The smallest absolute Gasteiger partial charge is 0.222 e. The van der Waals surface area contributed by atoms with E-state index in [-0.39, 0.29) is 11.9 Å². The van der Waals surface area contributed by atoms with Crippen LogP contribution in [0.2, 0.25) is 0 Å². The summed E-state index contributed by atoms with van der Waals surface area (Å²) in [5.41, 5.74) is 1.93. The Kier molecular flexibility index (Phi) is 2.59. The molecule has 1 aliphatic rings. The van der Waals surface area contributed by atoms with Gasteiger partial charge in [0.2, 0.25) is 5.91 Å². The fraction of sp³-hybridized carbons (Fsp3) is 0.333. The number of H-pyrrole nitrogens is 1. The van der Waals surface area contributed by atoms with E-state index in [0.717, 1.165) is 16.8 Å². The molecule has 1 aromatic carbocycles. The Balaban J connectivity index is 2.14. The van der Waals surface area contributed by atoms with Crippen molar-refractivity contribution in [1.82, 2.24) is 14.9 Å². The highest BCUT2D eigenvalue weighted by molar-refractivity contribution is 7.71. The lowest BCUT2D eigenvalue weighted by molar-refractivity contribution is -0.119. The number of fused-ring (bicyclic) bond motifs is 1. The minimum Gasteiger partial charge on any atom is -0.497 e. The number of hydrogen-bond acceptors (Lipinski definition) is 3. The van der Waals surface area contributed by atoms with Crippen LogP contribution in [0, 0.1) is 4.77 Å². The summed E-state index contributed by atoms with van der Waals surface area (Å²) in [5.74, 6) is 0.858. The molecule has 1 aromatic heterocycles. The van der Waals surface area contributed by atoms with E-state index in [0.29, 0.717) is 17.7 Å². The normalized spacial score (nSPS) is 19.2. The number of imidazole rings is 1. The van der Waals surface area contributed by atoms with Crippen LogP contribution in [0.5, 0.6) is 5.75 Å². The van der Waals surface area contributed by atoms with Crippen LogP contribution in [0.15, 0.2) is 18.2 Å². The first-order chi connectivity index (χ1) is 8.69. The topological polar surface area (TPSA) is 59.0 Å². The van der Waals surface area contributed by atoms with Gasteiger partial charge < -0.3 is 19.6 Å². The summed E-state index contributed by atoms with van der Waals surface area (Å²) in [5, 5.41) is 2.83. The van der Waals surface area contributed by atoms with E-state index >= 15 is 0 Å². The predicted molar refractivity (Wildman–Crippen MR) is 70.3 cm³/mol. The number of ether oxygens (including phenoxy) is 1. The average Bonchev–Trinajstić information content (AvgIpc) is 2.90. The summed E-state index contributed by atoms with van der Waals surface area (Å²) >= 11 is 5.34. The molecular weight excluding hydrogens is 250 g/mol. The van der Waals surface area contributed by atoms with Crippen LogP contribution in [0.3, 0.4) is 0 Å². The van der Waals surface area contributed by atoms with Gasteiger partial charge in [-0.25, -0.2) is 0 Å². The van der Waals surface area contributed by atoms with Gasteiger partial charge in [0, 0.05) is 19.0 Å². The largest absolute Gasteiger partial charge is 0.497 e. The van der Waals surface area contributed by atoms with Crippen LogP contribution >= 0.6 is 12.2 Å². The van der Waals surface area contributed by atoms with Gasteiger partial charge in [0.1, 0.15) is 5.75 Å². The van der Waals surface area contributed by atoms with Crippen LogP contribution in [0.1, 0.15) is 12.5 Å². The quantitative estimate of drug-likeness (QED) is 0.812. The molecule has 18 heavy (non-hydrogen) atoms. The fourth-order valence-corrected chi connectivity index (χ4v) is 2.73. The predicted octanol–water partition coefficient (Wildman–Crippen LogP) is 1.77. The number of nitrogens with one attached hydrogen (secondary N) is 2. The highest BCUT2D eigenvalue weighted by Gasteiger charge is 2.25. The van der Waals surface area contributed by atoms with E-state index < -0.39 is 0 Å². The molecule has 0 aliphatic carbocycles. The molecule has 1 unspecified atom stereocenters. The van der Waals surface area contributed by atoms with Crippen LogP contribution < -0.4 is 10.1 Å². The van der Waals surface area contributed by atoms with E-state index in [1.165, 1.54) is 0 Å². The Morgan fingerprint density at radius 1 is 1.50 bits per heavy atom. The number of amides is 1. The third-order valence-corrected chi connectivity index (χ3v) is 3.54. The van der Waals surface area contributed by atoms with Gasteiger partial charge in [-0.05, 0) is 24.4 Å². The number of carbonyl (C=O) groups excluding carboxylic acids is 1. The summed E-state index contributed by atoms with van der Waals surface area (Å²) in [6, 6.07) is 5.85. The lowest BCUT2D eigenvalue weighted by Crippen LogP contribution is -2.15. The number of nitrogens with zero attached hydrogens (tertiary/aromatic N) is 1. The zero-order chi connectivity index (χ0) is 12.7. The summed E-state index contributed by atoms with van der Waals surface area (Å²) in [7, 11) is 1.63. The van der Waals surface area contributed by atoms with Crippen molar-refractivity contribution >= 4 is 29.2 Å². The second-order valence-corrected chi connectivity index (χ2v) is 4.73. The van der Waals surface area contributed by atoms with Gasteiger partial charge >= 0.3 is 0 Å². The van der Waals surface area contributed by atoms with Gasteiger partial charge in [-0.2, -0.15) is 0 Å².